The summed E-state index contributed by atoms with van der Waals surface area (Å²) in [4.78, 5) is 0. The molecule has 4 rings (SSSR count). The first-order valence-corrected chi connectivity index (χ1v) is 15.3. The summed E-state index contributed by atoms with van der Waals surface area (Å²) in [7, 11) is 0. The van der Waals surface area contributed by atoms with E-state index < -0.39 is 11.6 Å². The van der Waals surface area contributed by atoms with Gasteiger partial charge in [-0.1, -0.05) is 49.8 Å². The number of rotatable bonds is 13. The van der Waals surface area contributed by atoms with Gasteiger partial charge >= 0.3 is 0 Å². The van der Waals surface area contributed by atoms with Gasteiger partial charge in [-0.25, -0.2) is 13.2 Å². The summed E-state index contributed by atoms with van der Waals surface area (Å²) in [6, 6.07) is 8.70. The number of halogens is 3. The molecule has 0 radical (unpaired) electrons. The van der Waals surface area contributed by atoms with Crippen molar-refractivity contribution >= 4 is 6.08 Å². The maximum atomic E-state index is 15.3. The van der Waals surface area contributed by atoms with Crippen LogP contribution in [0.2, 0.25) is 0 Å². The van der Waals surface area contributed by atoms with Crippen molar-refractivity contribution in [3.63, 3.8) is 0 Å². The average Bonchev–Trinajstić information content (AvgIpc) is 2.97. The van der Waals surface area contributed by atoms with Crippen LogP contribution in [-0.2, 0) is 4.74 Å². The van der Waals surface area contributed by atoms with Gasteiger partial charge in [0.2, 0.25) is 0 Å². The highest BCUT2D eigenvalue weighted by Gasteiger charge is 2.29. The van der Waals surface area contributed by atoms with E-state index in [-0.39, 0.29) is 29.5 Å². The van der Waals surface area contributed by atoms with Gasteiger partial charge in [-0.3, -0.25) is 0 Å². The van der Waals surface area contributed by atoms with Crippen molar-refractivity contribution < 1.29 is 22.6 Å². The first-order chi connectivity index (χ1) is 19.5. The van der Waals surface area contributed by atoms with Gasteiger partial charge in [-0.15, -0.1) is 6.58 Å². The molecule has 2 nitrogen and oxygen atoms in total. The molecule has 40 heavy (non-hydrogen) atoms. The minimum Gasteiger partial charge on any atom is -0.491 e. The normalized spacial score (nSPS) is 23.4. The number of allylic oxidation sites excluding steroid dienone is 2. The predicted molar refractivity (Wildman–Crippen MR) is 157 cm³/mol. The lowest BCUT2D eigenvalue weighted by Gasteiger charge is -2.30. The van der Waals surface area contributed by atoms with Crippen LogP contribution in [0.15, 0.2) is 49.1 Å². The zero-order valence-corrected chi connectivity index (χ0v) is 24.0. The van der Waals surface area contributed by atoms with Crippen molar-refractivity contribution in [3.05, 3.63) is 83.2 Å². The van der Waals surface area contributed by atoms with Crippen molar-refractivity contribution in [2.45, 2.75) is 102 Å². The van der Waals surface area contributed by atoms with E-state index in [0.29, 0.717) is 23.7 Å². The molecule has 0 aromatic heterocycles. The van der Waals surface area contributed by atoms with E-state index in [1.807, 2.05) is 30.4 Å². The molecule has 0 aliphatic heterocycles. The summed E-state index contributed by atoms with van der Waals surface area (Å²) in [5.41, 5.74) is 1.85. The number of unbranched alkanes of at least 4 members (excludes halogenated alkanes) is 2. The van der Waals surface area contributed by atoms with E-state index >= 15 is 8.78 Å². The monoisotopic (exact) mass is 554 g/mol. The molecular formula is C35H45F3O2. The van der Waals surface area contributed by atoms with Gasteiger partial charge < -0.3 is 9.47 Å². The molecule has 2 aliphatic rings. The third-order valence-electron chi connectivity index (χ3n) is 8.65. The molecule has 218 valence electrons. The fourth-order valence-electron chi connectivity index (χ4n) is 6.16. The predicted octanol–water partition coefficient (Wildman–Crippen LogP) is 10.3. The second kappa shape index (κ2) is 15.5. The Balaban J connectivity index is 1.27. The first kappa shape index (κ1) is 30.4. The maximum Gasteiger partial charge on any atom is 0.165 e. The van der Waals surface area contributed by atoms with Gasteiger partial charge in [0, 0.05) is 6.61 Å². The quantitative estimate of drug-likeness (QED) is 0.181. The summed E-state index contributed by atoms with van der Waals surface area (Å²) in [6.45, 7) is 7.08. The highest BCUT2D eigenvalue weighted by molar-refractivity contribution is 5.51. The summed E-state index contributed by atoms with van der Waals surface area (Å²) >= 11 is 0. The van der Waals surface area contributed by atoms with Crippen LogP contribution in [0.5, 0.6) is 5.75 Å². The Morgan fingerprint density at radius 2 is 1.48 bits per heavy atom. The SMILES string of the molecule is C=CCCCOc1ccc(/C=C/C2CCC(c3ccc(C4CCC(OCCCC)CC4)c(F)c3F)CC2)cc1F. The fraction of sp³-hybridized carbons (Fsp3) is 0.543. The molecule has 0 N–H and O–H groups in total. The smallest absolute Gasteiger partial charge is 0.165 e. The van der Waals surface area contributed by atoms with Gasteiger partial charge in [0.1, 0.15) is 0 Å². The van der Waals surface area contributed by atoms with Gasteiger partial charge in [0.05, 0.1) is 12.7 Å². The fourth-order valence-corrected chi connectivity index (χ4v) is 6.16. The molecule has 0 atom stereocenters. The van der Waals surface area contributed by atoms with Crippen LogP contribution in [0, 0.1) is 23.4 Å². The topological polar surface area (TPSA) is 18.5 Å². The van der Waals surface area contributed by atoms with Crippen LogP contribution in [0.25, 0.3) is 6.08 Å². The van der Waals surface area contributed by atoms with E-state index in [4.69, 9.17) is 9.47 Å². The van der Waals surface area contributed by atoms with Crippen molar-refractivity contribution in [1.29, 1.82) is 0 Å². The minimum absolute atomic E-state index is 0.0332. The molecule has 0 unspecified atom stereocenters. The van der Waals surface area contributed by atoms with Crippen LogP contribution >= 0.6 is 0 Å². The highest BCUT2D eigenvalue weighted by Crippen LogP contribution is 2.41. The van der Waals surface area contributed by atoms with E-state index in [9.17, 15) is 4.39 Å². The Kier molecular flexibility index (Phi) is 11.8. The standard InChI is InChI=1S/C35H45F3O2/c1-3-5-7-23-40-33-21-12-26(24-32(33)36)9-8-25-10-13-27(14-11-25)30-19-20-31(35(38)34(30)37)28-15-17-29(18-16-28)39-22-6-4-2/h3,8-9,12,19-21,24-25,27-29H,1,4-7,10-11,13-18,22-23H2,2H3/b9-8+. The van der Waals surface area contributed by atoms with Crippen molar-refractivity contribution in [1.82, 2.24) is 0 Å². The molecule has 5 heteroatoms. The van der Waals surface area contributed by atoms with Crippen LogP contribution in [0.3, 0.4) is 0 Å². The summed E-state index contributed by atoms with van der Waals surface area (Å²) in [6.07, 6.45) is 16.9. The van der Waals surface area contributed by atoms with Gasteiger partial charge in [-0.05, 0) is 117 Å². The lowest BCUT2D eigenvalue weighted by molar-refractivity contribution is 0.0230. The minimum atomic E-state index is -0.653. The number of benzene rings is 2. The maximum absolute atomic E-state index is 15.3. The van der Waals surface area contributed by atoms with Crippen LogP contribution in [-0.4, -0.2) is 19.3 Å². The van der Waals surface area contributed by atoms with E-state index in [1.54, 1.807) is 6.07 Å². The molecule has 2 aliphatic carbocycles. The zero-order chi connectivity index (χ0) is 28.3. The molecule has 0 bridgehead atoms. The lowest BCUT2D eigenvalue weighted by atomic mass is 9.77. The molecule has 2 aromatic rings. The molecule has 0 saturated heterocycles. The Bertz CT molecular complexity index is 1110. The summed E-state index contributed by atoms with van der Waals surface area (Å²) in [5, 5.41) is 0. The van der Waals surface area contributed by atoms with Gasteiger partial charge in [-0.2, -0.15) is 0 Å². The zero-order valence-electron chi connectivity index (χ0n) is 24.0. The van der Waals surface area contributed by atoms with Crippen LogP contribution in [0.1, 0.15) is 112 Å². The molecule has 0 amide bonds. The van der Waals surface area contributed by atoms with Crippen molar-refractivity contribution in [3.8, 4) is 5.75 Å². The van der Waals surface area contributed by atoms with Gasteiger partial charge in [0.15, 0.2) is 23.2 Å². The number of hydrogen-bond acceptors (Lipinski definition) is 2. The van der Waals surface area contributed by atoms with Crippen LogP contribution < -0.4 is 4.74 Å². The Hall–Kier alpha value is -2.53. The summed E-state index contributed by atoms with van der Waals surface area (Å²) < 4.78 is 56.4. The first-order valence-electron chi connectivity index (χ1n) is 15.3. The molecular weight excluding hydrogens is 509 g/mol. The second-order valence-electron chi connectivity index (χ2n) is 11.5. The lowest BCUT2D eigenvalue weighted by Crippen LogP contribution is -2.22. The molecule has 0 spiro atoms. The van der Waals surface area contributed by atoms with Gasteiger partial charge in [0.25, 0.3) is 0 Å². The second-order valence-corrected chi connectivity index (χ2v) is 11.5. The number of ether oxygens (including phenoxy) is 2. The van der Waals surface area contributed by atoms with Crippen molar-refractivity contribution in [2.75, 3.05) is 13.2 Å². The van der Waals surface area contributed by atoms with Crippen LogP contribution in [0.4, 0.5) is 13.2 Å². The highest BCUT2D eigenvalue weighted by atomic mass is 19.2. The summed E-state index contributed by atoms with van der Waals surface area (Å²) in [5.74, 6) is -0.949. The van der Waals surface area contributed by atoms with E-state index in [2.05, 4.69) is 19.6 Å². The Morgan fingerprint density at radius 3 is 2.08 bits per heavy atom. The molecule has 0 heterocycles. The third kappa shape index (κ3) is 8.25. The largest absolute Gasteiger partial charge is 0.491 e. The molecule has 2 fully saturated rings. The number of hydrogen-bond donors (Lipinski definition) is 0. The molecule has 2 aromatic carbocycles. The Morgan fingerprint density at radius 1 is 0.825 bits per heavy atom. The third-order valence-corrected chi connectivity index (χ3v) is 8.65. The average molecular weight is 555 g/mol. The van der Waals surface area contributed by atoms with E-state index in [1.165, 1.54) is 6.07 Å². The Labute approximate surface area is 238 Å². The van der Waals surface area contributed by atoms with E-state index in [0.717, 1.165) is 89.2 Å². The molecule has 2 saturated carbocycles. The van der Waals surface area contributed by atoms with Crippen molar-refractivity contribution in [2.24, 2.45) is 5.92 Å².